The van der Waals surface area contributed by atoms with Gasteiger partial charge in [0, 0.05) is 44.3 Å². The third-order valence-electron chi connectivity index (χ3n) is 7.81. The van der Waals surface area contributed by atoms with E-state index in [1.807, 2.05) is 4.90 Å². The topological polar surface area (TPSA) is 62.3 Å². The average Bonchev–Trinajstić information content (AvgIpc) is 3.38. The monoisotopic (exact) mass is 457 g/mol. The first kappa shape index (κ1) is 23.9. The van der Waals surface area contributed by atoms with Crippen LogP contribution in [0.3, 0.4) is 0 Å². The van der Waals surface area contributed by atoms with Gasteiger partial charge in [0.2, 0.25) is 5.91 Å². The summed E-state index contributed by atoms with van der Waals surface area (Å²) < 4.78 is 10.7. The fraction of sp³-hybridized carbons (Fsp3) is 0.692. The van der Waals surface area contributed by atoms with Gasteiger partial charge in [0.25, 0.3) is 5.91 Å². The molecule has 2 atom stereocenters. The van der Waals surface area contributed by atoms with Crippen LogP contribution in [-0.2, 0) is 4.79 Å². The van der Waals surface area contributed by atoms with Gasteiger partial charge >= 0.3 is 0 Å². The van der Waals surface area contributed by atoms with Gasteiger partial charge in [-0.2, -0.15) is 0 Å². The Balaban J connectivity index is 1.44. The van der Waals surface area contributed by atoms with Gasteiger partial charge in [-0.25, -0.2) is 0 Å². The summed E-state index contributed by atoms with van der Waals surface area (Å²) in [6, 6.07) is 5.61. The molecule has 1 aromatic carbocycles. The molecule has 0 unspecified atom stereocenters. The summed E-state index contributed by atoms with van der Waals surface area (Å²) in [6.45, 7) is 5.85. The Morgan fingerprint density at radius 2 is 1.55 bits per heavy atom. The van der Waals surface area contributed by atoms with E-state index in [2.05, 4.69) is 16.7 Å². The summed E-state index contributed by atoms with van der Waals surface area (Å²) >= 11 is 0. The van der Waals surface area contributed by atoms with E-state index in [-0.39, 0.29) is 11.9 Å². The van der Waals surface area contributed by atoms with Crippen LogP contribution in [0.4, 0.5) is 0 Å². The molecule has 0 bridgehead atoms. The van der Waals surface area contributed by atoms with Crippen molar-refractivity contribution in [2.45, 2.75) is 64.0 Å². The van der Waals surface area contributed by atoms with E-state index in [4.69, 9.17) is 9.47 Å². The molecular formula is C26H39N3O4. The van der Waals surface area contributed by atoms with E-state index in [0.29, 0.717) is 48.0 Å². The third kappa shape index (κ3) is 5.13. The number of hydrogen-bond donors (Lipinski definition) is 0. The van der Waals surface area contributed by atoms with Crippen LogP contribution in [0.25, 0.3) is 0 Å². The van der Waals surface area contributed by atoms with Crippen LogP contribution in [0.5, 0.6) is 11.5 Å². The van der Waals surface area contributed by atoms with Crippen molar-refractivity contribution in [1.82, 2.24) is 14.7 Å². The molecule has 2 aliphatic heterocycles. The van der Waals surface area contributed by atoms with E-state index < -0.39 is 0 Å². The normalized spacial score (nSPS) is 23.4. The highest BCUT2D eigenvalue weighted by atomic mass is 16.5. The fourth-order valence-electron chi connectivity index (χ4n) is 5.88. The molecule has 2 saturated heterocycles. The van der Waals surface area contributed by atoms with Crippen molar-refractivity contribution in [3.05, 3.63) is 23.8 Å². The molecule has 4 rings (SSSR count). The highest BCUT2D eigenvalue weighted by molar-refractivity contribution is 5.95. The molecule has 0 N–H and O–H groups in total. The highest BCUT2D eigenvalue weighted by Gasteiger charge is 2.40. The van der Waals surface area contributed by atoms with Crippen LogP contribution in [0, 0.1) is 5.92 Å². The van der Waals surface area contributed by atoms with Crippen LogP contribution >= 0.6 is 0 Å². The molecule has 1 aliphatic carbocycles. The number of amides is 2. The molecule has 2 amide bonds. The molecule has 7 heteroatoms. The SMILES string of the molecule is COc1ccc(C(=O)N2CCN([C@@H](C(=O)N3CCCC[C@H]3C)C3CCCC3)CC2)cc1OC. The van der Waals surface area contributed by atoms with Crippen LogP contribution in [0.2, 0.25) is 0 Å². The highest BCUT2D eigenvalue weighted by Crippen LogP contribution is 2.33. The number of carbonyl (C=O) groups is 2. The summed E-state index contributed by atoms with van der Waals surface area (Å²) in [5, 5.41) is 0. The lowest BCUT2D eigenvalue weighted by Crippen LogP contribution is -2.60. The Morgan fingerprint density at radius 3 is 2.18 bits per heavy atom. The van der Waals surface area contributed by atoms with Crippen LogP contribution < -0.4 is 9.47 Å². The molecule has 2 heterocycles. The number of methoxy groups -OCH3 is 2. The third-order valence-corrected chi connectivity index (χ3v) is 7.81. The summed E-state index contributed by atoms with van der Waals surface area (Å²) in [5.74, 6) is 1.95. The zero-order chi connectivity index (χ0) is 23.4. The Bertz CT molecular complexity index is 831. The number of likely N-dealkylation sites (tertiary alicyclic amines) is 1. The van der Waals surface area contributed by atoms with Crippen molar-refractivity contribution in [1.29, 1.82) is 0 Å². The maximum Gasteiger partial charge on any atom is 0.254 e. The second kappa shape index (κ2) is 10.8. The van der Waals surface area contributed by atoms with Crippen LogP contribution in [0.15, 0.2) is 18.2 Å². The van der Waals surface area contributed by atoms with Crippen molar-refractivity contribution in [3.63, 3.8) is 0 Å². The van der Waals surface area contributed by atoms with Gasteiger partial charge in [0.1, 0.15) is 0 Å². The van der Waals surface area contributed by atoms with Crippen molar-refractivity contribution in [3.8, 4) is 11.5 Å². The van der Waals surface area contributed by atoms with Gasteiger partial charge in [0.05, 0.1) is 20.3 Å². The van der Waals surface area contributed by atoms with Gasteiger partial charge in [-0.3, -0.25) is 14.5 Å². The minimum absolute atomic E-state index is 0.00370. The first-order valence-electron chi connectivity index (χ1n) is 12.6. The largest absolute Gasteiger partial charge is 0.493 e. The zero-order valence-electron chi connectivity index (χ0n) is 20.4. The molecule has 3 fully saturated rings. The predicted molar refractivity (Wildman–Crippen MR) is 128 cm³/mol. The number of piperidine rings is 1. The van der Waals surface area contributed by atoms with E-state index >= 15 is 0 Å². The summed E-state index contributed by atoms with van der Waals surface area (Å²) in [6.07, 6.45) is 8.17. The van der Waals surface area contributed by atoms with Crippen LogP contribution in [-0.4, -0.2) is 85.5 Å². The molecular weight excluding hydrogens is 418 g/mol. The van der Waals surface area contributed by atoms with E-state index in [0.717, 1.165) is 45.3 Å². The summed E-state index contributed by atoms with van der Waals surface area (Å²) in [4.78, 5) is 33.3. The number of ether oxygens (including phenoxy) is 2. The maximum atomic E-state index is 13.7. The van der Waals surface area contributed by atoms with E-state index in [1.165, 1.54) is 19.3 Å². The molecule has 7 nitrogen and oxygen atoms in total. The summed E-state index contributed by atoms with van der Waals surface area (Å²) in [5.41, 5.74) is 0.603. The maximum absolute atomic E-state index is 13.7. The number of piperazine rings is 1. The van der Waals surface area contributed by atoms with Crippen LogP contribution in [0.1, 0.15) is 62.2 Å². The van der Waals surface area contributed by atoms with E-state index in [1.54, 1.807) is 32.4 Å². The quantitative estimate of drug-likeness (QED) is 0.655. The smallest absolute Gasteiger partial charge is 0.254 e. The minimum Gasteiger partial charge on any atom is -0.493 e. The van der Waals surface area contributed by atoms with Gasteiger partial charge in [-0.05, 0) is 63.1 Å². The number of carbonyl (C=O) groups excluding carboxylic acids is 2. The van der Waals surface area contributed by atoms with Gasteiger partial charge in [-0.15, -0.1) is 0 Å². The number of rotatable bonds is 6. The average molecular weight is 458 g/mol. The zero-order valence-corrected chi connectivity index (χ0v) is 20.4. The lowest BCUT2D eigenvalue weighted by Gasteiger charge is -2.44. The number of nitrogens with zero attached hydrogens (tertiary/aromatic N) is 3. The lowest BCUT2D eigenvalue weighted by molar-refractivity contribution is -0.143. The molecule has 0 aromatic heterocycles. The molecule has 1 aromatic rings. The number of hydrogen-bond acceptors (Lipinski definition) is 5. The molecule has 33 heavy (non-hydrogen) atoms. The first-order chi connectivity index (χ1) is 16.0. The number of benzene rings is 1. The Morgan fingerprint density at radius 1 is 0.879 bits per heavy atom. The second-order valence-corrected chi connectivity index (χ2v) is 9.76. The van der Waals surface area contributed by atoms with Crippen molar-refractivity contribution in [2.75, 3.05) is 46.9 Å². The van der Waals surface area contributed by atoms with Gasteiger partial charge < -0.3 is 19.3 Å². The van der Waals surface area contributed by atoms with Gasteiger partial charge in [-0.1, -0.05) is 12.8 Å². The molecule has 0 spiro atoms. The summed E-state index contributed by atoms with van der Waals surface area (Å²) in [7, 11) is 3.17. The fourth-order valence-corrected chi connectivity index (χ4v) is 5.88. The molecule has 1 saturated carbocycles. The van der Waals surface area contributed by atoms with Gasteiger partial charge in [0.15, 0.2) is 11.5 Å². The standard InChI is InChI=1S/C26H39N3O4/c1-19-8-6-7-13-29(19)26(31)24(20-9-4-5-10-20)27-14-16-28(17-15-27)25(30)21-11-12-22(32-2)23(18-21)33-3/h11-12,18-20,24H,4-10,13-17H2,1-3H3/t19-,24-/m1/s1. The first-order valence-corrected chi connectivity index (χ1v) is 12.6. The predicted octanol–water partition coefficient (Wildman–Crippen LogP) is 3.42. The molecule has 0 radical (unpaired) electrons. The van der Waals surface area contributed by atoms with Crippen molar-refractivity contribution >= 4 is 11.8 Å². The van der Waals surface area contributed by atoms with Crippen molar-refractivity contribution < 1.29 is 19.1 Å². The van der Waals surface area contributed by atoms with Crippen molar-refractivity contribution in [2.24, 2.45) is 5.92 Å². The second-order valence-electron chi connectivity index (χ2n) is 9.76. The van der Waals surface area contributed by atoms with E-state index in [9.17, 15) is 9.59 Å². The lowest BCUT2D eigenvalue weighted by atomic mass is 9.92. The Hall–Kier alpha value is -2.28. The Labute approximate surface area is 198 Å². The molecule has 182 valence electrons. The minimum atomic E-state index is -0.0358. The Kier molecular flexibility index (Phi) is 7.78. The molecule has 3 aliphatic rings.